The molecule has 0 fully saturated rings. The van der Waals surface area contributed by atoms with Crippen LogP contribution in [0, 0.1) is 5.92 Å². The summed E-state index contributed by atoms with van der Waals surface area (Å²) in [6.07, 6.45) is 15.6. The maximum Gasteiger partial charge on any atom is 0.306 e. The lowest BCUT2D eigenvalue weighted by Gasteiger charge is -2.11. The molecule has 0 aromatic rings. The molecule has 0 bridgehead atoms. The van der Waals surface area contributed by atoms with Crippen LogP contribution in [0.25, 0.3) is 0 Å². The van der Waals surface area contributed by atoms with Crippen LogP contribution in [0.2, 0.25) is 0 Å². The zero-order valence-corrected chi connectivity index (χ0v) is 14.9. The largest absolute Gasteiger partial charge is 0.481 e. The number of carbonyl (C=O) groups is 2. The van der Waals surface area contributed by atoms with Crippen molar-refractivity contribution in [3.63, 3.8) is 0 Å². The molecule has 23 heavy (non-hydrogen) atoms. The van der Waals surface area contributed by atoms with Crippen LogP contribution in [0.5, 0.6) is 0 Å². The molecule has 4 heteroatoms. The molecule has 0 amide bonds. The van der Waals surface area contributed by atoms with Crippen molar-refractivity contribution in [3.8, 4) is 0 Å². The molecular formula is C19H36O4. The van der Waals surface area contributed by atoms with Gasteiger partial charge in [-0.15, -0.1) is 0 Å². The lowest BCUT2D eigenvalue weighted by atomic mass is 9.95. The Labute approximate surface area is 141 Å². The summed E-state index contributed by atoms with van der Waals surface area (Å²) in [5.41, 5.74) is 0. The molecule has 0 aromatic carbocycles. The molecule has 0 heterocycles. The summed E-state index contributed by atoms with van der Waals surface area (Å²) in [6.45, 7) is 2.24. The van der Waals surface area contributed by atoms with E-state index in [1.54, 1.807) is 0 Å². The minimum atomic E-state index is -0.844. The summed E-state index contributed by atoms with van der Waals surface area (Å²) in [7, 11) is 0. The maximum absolute atomic E-state index is 11.1. The van der Waals surface area contributed by atoms with Crippen molar-refractivity contribution in [1.82, 2.24) is 0 Å². The van der Waals surface area contributed by atoms with Crippen LogP contribution in [0.1, 0.15) is 103 Å². The Kier molecular flexibility index (Phi) is 15.1. The highest BCUT2D eigenvalue weighted by Crippen LogP contribution is 2.18. The third-order valence-corrected chi connectivity index (χ3v) is 4.45. The Hall–Kier alpha value is -1.06. The van der Waals surface area contributed by atoms with Gasteiger partial charge in [0.25, 0.3) is 0 Å². The zero-order chi connectivity index (χ0) is 17.3. The van der Waals surface area contributed by atoms with Crippen molar-refractivity contribution in [3.05, 3.63) is 0 Å². The summed E-state index contributed by atoms with van der Waals surface area (Å²) in [6, 6.07) is 0. The van der Waals surface area contributed by atoms with E-state index < -0.39 is 11.9 Å². The number of aliphatic carboxylic acids is 2. The Bertz CT molecular complexity index is 302. The smallest absolute Gasteiger partial charge is 0.306 e. The first-order valence-electron chi connectivity index (χ1n) is 9.52. The molecule has 1 atom stereocenters. The highest BCUT2D eigenvalue weighted by atomic mass is 16.4. The van der Waals surface area contributed by atoms with Gasteiger partial charge in [0.1, 0.15) is 0 Å². The van der Waals surface area contributed by atoms with Crippen molar-refractivity contribution in [2.45, 2.75) is 103 Å². The molecule has 0 spiro atoms. The maximum atomic E-state index is 11.1. The number of carboxylic acid groups (broad SMARTS) is 2. The summed E-state index contributed by atoms with van der Waals surface area (Å²) >= 11 is 0. The van der Waals surface area contributed by atoms with Crippen molar-refractivity contribution < 1.29 is 19.8 Å². The summed E-state index contributed by atoms with van der Waals surface area (Å²) in [4.78, 5) is 21.6. The van der Waals surface area contributed by atoms with E-state index in [-0.39, 0.29) is 12.3 Å². The van der Waals surface area contributed by atoms with Crippen LogP contribution in [0.3, 0.4) is 0 Å². The first kappa shape index (κ1) is 21.9. The van der Waals surface area contributed by atoms with Gasteiger partial charge < -0.3 is 10.2 Å². The van der Waals surface area contributed by atoms with Crippen molar-refractivity contribution >= 4 is 11.9 Å². The zero-order valence-electron chi connectivity index (χ0n) is 14.9. The van der Waals surface area contributed by atoms with Crippen molar-refractivity contribution in [2.75, 3.05) is 0 Å². The number of hydrogen-bond donors (Lipinski definition) is 2. The van der Waals surface area contributed by atoms with Gasteiger partial charge >= 0.3 is 11.9 Å². The predicted octanol–water partition coefficient (Wildman–Crippen LogP) is 5.64. The first-order valence-corrected chi connectivity index (χ1v) is 9.52. The van der Waals surface area contributed by atoms with E-state index in [0.717, 1.165) is 12.8 Å². The van der Waals surface area contributed by atoms with E-state index in [2.05, 4.69) is 6.92 Å². The van der Waals surface area contributed by atoms with E-state index in [4.69, 9.17) is 10.2 Å². The third-order valence-electron chi connectivity index (χ3n) is 4.45. The predicted molar refractivity (Wildman–Crippen MR) is 93.7 cm³/mol. The van der Waals surface area contributed by atoms with Gasteiger partial charge in [0, 0.05) is 6.42 Å². The fourth-order valence-corrected chi connectivity index (χ4v) is 2.95. The van der Waals surface area contributed by atoms with Crippen LogP contribution in [0.4, 0.5) is 0 Å². The molecule has 0 rings (SSSR count). The van der Waals surface area contributed by atoms with E-state index in [1.165, 1.54) is 57.8 Å². The third kappa shape index (κ3) is 15.6. The Morgan fingerprint density at radius 3 is 1.57 bits per heavy atom. The molecule has 2 N–H and O–H groups in total. The Morgan fingerprint density at radius 2 is 1.13 bits per heavy atom. The van der Waals surface area contributed by atoms with Crippen LogP contribution in [0.15, 0.2) is 0 Å². The molecular weight excluding hydrogens is 292 g/mol. The fraction of sp³-hybridized carbons (Fsp3) is 0.895. The van der Waals surface area contributed by atoms with Crippen LogP contribution in [-0.2, 0) is 9.59 Å². The molecule has 4 nitrogen and oxygen atoms in total. The van der Waals surface area contributed by atoms with Crippen molar-refractivity contribution in [2.24, 2.45) is 5.92 Å². The van der Waals surface area contributed by atoms with E-state index >= 15 is 0 Å². The summed E-state index contributed by atoms with van der Waals surface area (Å²) in [5.74, 6) is -1.99. The van der Waals surface area contributed by atoms with E-state index in [1.807, 2.05) is 0 Å². The minimum absolute atomic E-state index is 0.0715. The monoisotopic (exact) mass is 328 g/mol. The van der Waals surface area contributed by atoms with Gasteiger partial charge in [-0.2, -0.15) is 0 Å². The second-order valence-electron chi connectivity index (χ2n) is 6.65. The minimum Gasteiger partial charge on any atom is -0.481 e. The first-order chi connectivity index (χ1) is 11.1. The summed E-state index contributed by atoms with van der Waals surface area (Å²) < 4.78 is 0. The second kappa shape index (κ2) is 15.8. The van der Waals surface area contributed by atoms with Crippen molar-refractivity contribution in [1.29, 1.82) is 0 Å². The Balaban J connectivity index is 3.45. The Morgan fingerprint density at radius 1 is 0.696 bits per heavy atom. The molecule has 0 aliphatic rings. The molecule has 0 aromatic heterocycles. The molecule has 0 radical (unpaired) electrons. The number of rotatable bonds is 17. The topological polar surface area (TPSA) is 74.6 Å². The fourth-order valence-electron chi connectivity index (χ4n) is 2.95. The van der Waals surface area contributed by atoms with Gasteiger partial charge in [-0.1, -0.05) is 77.6 Å². The molecule has 0 aliphatic heterocycles. The molecule has 1 unspecified atom stereocenters. The molecule has 136 valence electrons. The normalized spacial score (nSPS) is 12.2. The van der Waals surface area contributed by atoms with Gasteiger partial charge in [0.05, 0.1) is 5.92 Å². The number of hydrogen-bond acceptors (Lipinski definition) is 2. The van der Waals surface area contributed by atoms with Gasteiger partial charge in [0.2, 0.25) is 0 Å². The van der Waals surface area contributed by atoms with E-state index in [0.29, 0.717) is 19.3 Å². The lowest BCUT2D eigenvalue weighted by molar-refractivity contribution is -0.143. The average molecular weight is 328 g/mol. The van der Waals surface area contributed by atoms with E-state index in [9.17, 15) is 9.59 Å². The lowest BCUT2D eigenvalue weighted by Crippen LogP contribution is -2.14. The standard InChI is InChI=1S/C19H36O4/c1-2-3-4-5-6-7-8-9-10-11-12-14-17(19(22)23)15-13-16-18(20)21/h17H,2-16H2,1H3,(H,20,21)(H,22,23). The highest BCUT2D eigenvalue weighted by Gasteiger charge is 2.16. The molecule has 0 saturated heterocycles. The van der Waals surface area contributed by atoms with Gasteiger partial charge in [-0.3, -0.25) is 9.59 Å². The second-order valence-corrected chi connectivity index (χ2v) is 6.65. The summed E-state index contributed by atoms with van der Waals surface area (Å²) in [5, 5.41) is 17.7. The number of unbranched alkanes of at least 4 members (excludes halogenated alkanes) is 10. The SMILES string of the molecule is CCCCCCCCCCCCCC(CCCC(=O)O)C(=O)O. The molecule has 0 aliphatic carbocycles. The van der Waals surface area contributed by atoms with Gasteiger partial charge in [-0.25, -0.2) is 0 Å². The van der Waals surface area contributed by atoms with Gasteiger partial charge in [-0.05, 0) is 19.3 Å². The van der Waals surface area contributed by atoms with Crippen LogP contribution >= 0.6 is 0 Å². The highest BCUT2D eigenvalue weighted by molar-refractivity contribution is 5.70. The van der Waals surface area contributed by atoms with Crippen LogP contribution < -0.4 is 0 Å². The van der Waals surface area contributed by atoms with Gasteiger partial charge in [0.15, 0.2) is 0 Å². The molecule has 0 saturated carbocycles. The quantitative estimate of drug-likeness (QED) is 0.339. The van der Waals surface area contributed by atoms with Crippen LogP contribution in [-0.4, -0.2) is 22.2 Å². The number of carboxylic acids is 2. The average Bonchev–Trinajstić information content (AvgIpc) is 2.50.